The Hall–Kier alpha value is -3.49. The lowest BCUT2D eigenvalue weighted by atomic mass is 9.94. The second kappa shape index (κ2) is 6.79. The number of hydrogen-bond donors (Lipinski definition) is 1. The van der Waals surface area contributed by atoms with Gasteiger partial charge in [0.2, 0.25) is 0 Å². The standard InChI is InChI=1S/C21H22N6O3/c1-21(2)8-3-6-15-13(5-4-9-22-15)16-12-30-20(29)27(16)17-7-10-26-18(24-17)14(11-23-26)19(28)25-21/h4-5,7,9-11,16H,3,6,8,12H2,1-2H3,(H,25,28)/t16-/m1/s1. The number of nitrogens with one attached hydrogen (secondary N) is 1. The predicted molar refractivity (Wildman–Crippen MR) is 108 cm³/mol. The third kappa shape index (κ3) is 3.06. The molecule has 9 heteroatoms. The molecule has 5 rings (SSSR count). The minimum atomic E-state index is -0.467. The van der Waals surface area contributed by atoms with Crippen LogP contribution >= 0.6 is 0 Å². The van der Waals surface area contributed by atoms with Crippen LogP contribution in [0.4, 0.5) is 10.6 Å². The van der Waals surface area contributed by atoms with Gasteiger partial charge in [0, 0.05) is 29.2 Å². The third-order valence-corrected chi connectivity index (χ3v) is 5.67. The molecule has 2 aliphatic rings. The maximum Gasteiger partial charge on any atom is 0.416 e. The van der Waals surface area contributed by atoms with Gasteiger partial charge in [0.1, 0.15) is 24.0 Å². The molecule has 5 heterocycles. The third-order valence-electron chi connectivity index (χ3n) is 5.67. The van der Waals surface area contributed by atoms with Gasteiger partial charge in [-0.05, 0) is 45.2 Å². The van der Waals surface area contributed by atoms with Crippen LogP contribution < -0.4 is 10.2 Å². The van der Waals surface area contributed by atoms with E-state index < -0.39 is 11.6 Å². The van der Waals surface area contributed by atoms with Gasteiger partial charge in [-0.25, -0.2) is 14.3 Å². The Labute approximate surface area is 173 Å². The van der Waals surface area contributed by atoms with Crippen molar-refractivity contribution in [2.24, 2.45) is 0 Å². The van der Waals surface area contributed by atoms with Crippen LogP contribution in [0.2, 0.25) is 0 Å². The molecule has 2 aliphatic heterocycles. The Kier molecular flexibility index (Phi) is 4.19. The van der Waals surface area contributed by atoms with E-state index in [1.165, 1.54) is 15.6 Å². The molecule has 0 aliphatic carbocycles. The average molecular weight is 406 g/mol. The van der Waals surface area contributed by atoms with E-state index in [0.29, 0.717) is 17.0 Å². The molecule has 2 bridgehead atoms. The maximum absolute atomic E-state index is 13.0. The largest absolute Gasteiger partial charge is 0.447 e. The lowest BCUT2D eigenvalue weighted by molar-refractivity contribution is 0.0910. The summed E-state index contributed by atoms with van der Waals surface area (Å²) in [4.78, 5) is 36.3. The molecule has 0 saturated carbocycles. The van der Waals surface area contributed by atoms with Gasteiger partial charge in [0.25, 0.3) is 5.91 Å². The molecule has 3 aromatic rings. The minimum absolute atomic E-state index is 0.225. The summed E-state index contributed by atoms with van der Waals surface area (Å²) in [7, 11) is 0. The smallest absolute Gasteiger partial charge is 0.416 e. The maximum atomic E-state index is 13.0. The van der Waals surface area contributed by atoms with Crippen molar-refractivity contribution < 1.29 is 14.3 Å². The number of ether oxygens (including phenoxy) is 1. The fourth-order valence-electron chi connectivity index (χ4n) is 4.15. The Morgan fingerprint density at radius 3 is 3.00 bits per heavy atom. The number of rotatable bonds is 0. The van der Waals surface area contributed by atoms with Crippen LogP contribution in [0.15, 0.2) is 36.8 Å². The molecule has 0 unspecified atom stereocenters. The van der Waals surface area contributed by atoms with Gasteiger partial charge in [0.15, 0.2) is 5.65 Å². The Balaban J connectivity index is 1.69. The summed E-state index contributed by atoms with van der Waals surface area (Å²) >= 11 is 0. The summed E-state index contributed by atoms with van der Waals surface area (Å²) in [6, 6.07) is 5.24. The molecule has 154 valence electrons. The monoisotopic (exact) mass is 406 g/mol. The predicted octanol–water partition coefficient (Wildman–Crippen LogP) is 2.67. The molecular formula is C21H22N6O3. The zero-order chi connectivity index (χ0) is 20.9. The van der Waals surface area contributed by atoms with Crippen molar-refractivity contribution in [1.29, 1.82) is 0 Å². The highest BCUT2D eigenvalue weighted by molar-refractivity contribution is 6.00. The van der Waals surface area contributed by atoms with Crippen LogP contribution in [-0.2, 0) is 11.2 Å². The zero-order valence-electron chi connectivity index (χ0n) is 16.8. The van der Waals surface area contributed by atoms with Gasteiger partial charge in [-0.1, -0.05) is 6.07 Å². The number of hydrogen-bond acceptors (Lipinski definition) is 6. The number of nitrogens with zero attached hydrogens (tertiary/aromatic N) is 5. The van der Waals surface area contributed by atoms with Gasteiger partial charge in [-0.15, -0.1) is 0 Å². The number of aryl methyl sites for hydroxylation is 1. The molecule has 2 amide bonds. The van der Waals surface area contributed by atoms with Crippen LogP contribution in [0.3, 0.4) is 0 Å². The number of fused-ring (bicyclic) bond motifs is 5. The van der Waals surface area contributed by atoms with Crippen molar-refractivity contribution >= 4 is 23.5 Å². The Morgan fingerprint density at radius 2 is 2.13 bits per heavy atom. The second-order valence-electron chi connectivity index (χ2n) is 8.31. The van der Waals surface area contributed by atoms with E-state index in [4.69, 9.17) is 4.74 Å². The van der Waals surface area contributed by atoms with E-state index in [2.05, 4.69) is 20.4 Å². The van der Waals surface area contributed by atoms with Crippen LogP contribution in [0.5, 0.6) is 0 Å². The number of cyclic esters (lactones) is 1. The molecule has 9 nitrogen and oxygen atoms in total. The quantitative estimate of drug-likeness (QED) is 0.616. The van der Waals surface area contributed by atoms with Crippen LogP contribution in [0.25, 0.3) is 5.65 Å². The van der Waals surface area contributed by atoms with Crippen LogP contribution in [0.1, 0.15) is 54.3 Å². The summed E-state index contributed by atoms with van der Waals surface area (Å²) in [5, 5.41) is 7.32. The fourth-order valence-corrected chi connectivity index (χ4v) is 4.15. The molecule has 0 radical (unpaired) electrons. The summed E-state index contributed by atoms with van der Waals surface area (Å²) in [5.74, 6) is 0.173. The Morgan fingerprint density at radius 1 is 1.27 bits per heavy atom. The lowest BCUT2D eigenvalue weighted by Crippen LogP contribution is -2.43. The lowest BCUT2D eigenvalue weighted by Gasteiger charge is -2.27. The van der Waals surface area contributed by atoms with Gasteiger partial charge in [-0.3, -0.25) is 14.7 Å². The highest BCUT2D eigenvalue weighted by atomic mass is 16.6. The number of pyridine rings is 1. The summed E-state index contributed by atoms with van der Waals surface area (Å²) in [6.07, 6.45) is 6.84. The van der Waals surface area contributed by atoms with E-state index in [1.807, 2.05) is 26.0 Å². The van der Waals surface area contributed by atoms with Crippen molar-refractivity contribution in [3.63, 3.8) is 0 Å². The second-order valence-corrected chi connectivity index (χ2v) is 8.31. The van der Waals surface area contributed by atoms with Crippen molar-refractivity contribution in [3.05, 3.63) is 53.6 Å². The molecule has 1 N–H and O–H groups in total. The first-order valence-electron chi connectivity index (χ1n) is 10.00. The highest BCUT2D eigenvalue weighted by Crippen LogP contribution is 2.34. The Bertz CT molecular complexity index is 1150. The van der Waals surface area contributed by atoms with Gasteiger partial charge in [0.05, 0.1) is 6.20 Å². The molecular weight excluding hydrogens is 384 g/mol. The first kappa shape index (κ1) is 18.5. The van der Waals surface area contributed by atoms with Crippen LogP contribution in [0, 0.1) is 0 Å². The van der Waals surface area contributed by atoms with E-state index in [1.54, 1.807) is 18.5 Å². The van der Waals surface area contributed by atoms with Crippen molar-refractivity contribution in [2.75, 3.05) is 11.5 Å². The fraction of sp³-hybridized carbons (Fsp3) is 0.381. The van der Waals surface area contributed by atoms with Gasteiger partial charge < -0.3 is 10.1 Å². The molecule has 1 atom stereocenters. The number of carbonyl (C=O) groups excluding carboxylic acids is 2. The first-order chi connectivity index (χ1) is 14.4. The van der Waals surface area contributed by atoms with Gasteiger partial charge >= 0.3 is 6.09 Å². The SMILES string of the molecule is CC1(C)CCCc2ncccc2[C@H]2COC(=O)N2c2ccn3ncc(c3n2)C(=O)N1. The highest BCUT2D eigenvalue weighted by Gasteiger charge is 2.38. The number of amides is 2. The van der Waals surface area contributed by atoms with Crippen molar-refractivity contribution in [2.45, 2.75) is 44.7 Å². The van der Waals surface area contributed by atoms with E-state index >= 15 is 0 Å². The normalized spacial score (nSPS) is 21.0. The molecule has 1 saturated heterocycles. The summed E-state index contributed by atoms with van der Waals surface area (Å²) in [6.45, 7) is 4.24. The molecule has 0 aromatic carbocycles. The zero-order valence-corrected chi connectivity index (χ0v) is 16.8. The van der Waals surface area contributed by atoms with Gasteiger partial charge in [-0.2, -0.15) is 5.10 Å². The van der Waals surface area contributed by atoms with E-state index in [0.717, 1.165) is 30.5 Å². The topological polar surface area (TPSA) is 102 Å². The minimum Gasteiger partial charge on any atom is -0.447 e. The van der Waals surface area contributed by atoms with Crippen molar-refractivity contribution in [1.82, 2.24) is 24.9 Å². The molecule has 3 aromatic heterocycles. The number of carbonyl (C=O) groups is 2. The molecule has 0 spiro atoms. The number of anilines is 1. The number of aromatic nitrogens is 4. The van der Waals surface area contributed by atoms with Crippen molar-refractivity contribution in [3.8, 4) is 0 Å². The first-order valence-corrected chi connectivity index (χ1v) is 10.00. The average Bonchev–Trinajstić information content (AvgIpc) is 3.30. The van der Waals surface area contributed by atoms with Crippen LogP contribution in [-0.4, -0.2) is 43.7 Å². The van der Waals surface area contributed by atoms with E-state index in [-0.39, 0.29) is 18.6 Å². The molecule has 1 fully saturated rings. The summed E-state index contributed by atoms with van der Waals surface area (Å²) < 4.78 is 6.91. The van der Waals surface area contributed by atoms with E-state index in [9.17, 15) is 9.59 Å². The summed E-state index contributed by atoms with van der Waals surface area (Å²) in [5.41, 5.74) is 2.24. The molecule has 30 heavy (non-hydrogen) atoms.